The van der Waals surface area contributed by atoms with E-state index in [4.69, 9.17) is 9.72 Å². The van der Waals surface area contributed by atoms with Crippen LogP contribution in [0.4, 0.5) is 11.5 Å². The molecule has 2 aliphatic rings. The quantitative estimate of drug-likeness (QED) is 0.303. The maximum atomic E-state index is 6.20. The second-order valence-corrected chi connectivity index (χ2v) is 10.5. The van der Waals surface area contributed by atoms with Gasteiger partial charge in [-0.15, -0.1) is 0 Å². The Kier molecular flexibility index (Phi) is 7.30. The molecule has 0 bridgehead atoms. The molecule has 0 spiro atoms. The summed E-state index contributed by atoms with van der Waals surface area (Å²) in [6.07, 6.45) is 14.2. The molecule has 0 radical (unpaired) electrons. The first kappa shape index (κ1) is 23.9. The van der Waals surface area contributed by atoms with Gasteiger partial charge in [0, 0.05) is 24.3 Å². The second-order valence-electron chi connectivity index (χ2n) is 10.5. The average molecular weight is 497 g/mol. The van der Waals surface area contributed by atoms with Gasteiger partial charge in [0.25, 0.3) is 0 Å². The lowest BCUT2D eigenvalue weighted by molar-refractivity contribution is 0.169. The number of hydrogen-bond acceptors (Lipinski definition) is 6. The lowest BCUT2D eigenvalue weighted by Crippen LogP contribution is -2.39. The van der Waals surface area contributed by atoms with Gasteiger partial charge in [0.1, 0.15) is 30.5 Å². The van der Waals surface area contributed by atoms with Crippen LogP contribution in [0.3, 0.4) is 0 Å². The summed E-state index contributed by atoms with van der Waals surface area (Å²) < 4.78 is 8.01. The van der Waals surface area contributed by atoms with Gasteiger partial charge in [0.15, 0.2) is 5.82 Å². The summed E-state index contributed by atoms with van der Waals surface area (Å²) in [5, 5.41) is 4.37. The van der Waals surface area contributed by atoms with Crippen molar-refractivity contribution in [1.82, 2.24) is 24.5 Å². The monoisotopic (exact) mass is 496 g/mol. The molecule has 2 aromatic heterocycles. The molecule has 7 heteroatoms. The first-order chi connectivity index (χ1) is 18.3. The van der Waals surface area contributed by atoms with Gasteiger partial charge in [-0.25, -0.2) is 14.5 Å². The molecule has 6 rings (SSSR count). The van der Waals surface area contributed by atoms with E-state index in [-0.39, 0.29) is 0 Å². The van der Waals surface area contributed by atoms with E-state index in [9.17, 15) is 0 Å². The molecule has 4 aromatic rings. The SMILES string of the molecule is c1ccc(COc2cccc(N(c3ncnn4cncc34)C3CCC(CN4CCCCC4)CC3)c2)cc1. The number of imidazole rings is 1. The Morgan fingerprint density at radius 2 is 1.76 bits per heavy atom. The van der Waals surface area contributed by atoms with Gasteiger partial charge in [-0.1, -0.05) is 42.8 Å². The van der Waals surface area contributed by atoms with E-state index in [0.29, 0.717) is 12.6 Å². The summed E-state index contributed by atoms with van der Waals surface area (Å²) >= 11 is 0. The van der Waals surface area contributed by atoms with E-state index in [1.54, 1.807) is 12.7 Å². The third kappa shape index (κ3) is 5.62. The summed E-state index contributed by atoms with van der Waals surface area (Å²) in [6.45, 7) is 4.37. The summed E-state index contributed by atoms with van der Waals surface area (Å²) in [4.78, 5) is 14.2. The fourth-order valence-electron chi connectivity index (χ4n) is 5.99. The summed E-state index contributed by atoms with van der Waals surface area (Å²) in [5.74, 6) is 2.56. The number of likely N-dealkylation sites (tertiary alicyclic amines) is 1. The van der Waals surface area contributed by atoms with E-state index < -0.39 is 0 Å². The van der Waals surface area contributed by atoms with Crippen molar-refractivity contribution in [2.45, 2.75) is 57.6 Å². The molecule has 0 amide bonds. The molecule has 0 N–H and O–H groups in total. The number of hydrogen-bond donors (Lipinski definition) is 0. The number of piperidine rings is 1. The number of anilines is 2. The summed E-state index contributed by atoms with van der Waals surface area (Å²) in [7, 11) is 0. The van der Waals surface area contributed by atoms with Crippen LogP contribution in [-0.4, -0.2) is 50.2 Å². The van der Waals surface area contributed by atoms with Crippen molar-refractivity contribution in [3.05, 3.63) is 79.0 Å². The van der Waals surface area contributed by atoms with Crippen LogP contribution in [0, 0.1) is 5.92 Å². The molecular formula is C30H36N6O. The van der Waals surface area contributed by atoms with Crippen molar-refractivity contribution in [3.63, 3.8) is 0 Å². The highest BCUT2D eigenvalue weighted by Crippen LogP contribution is 2.38. The van der Waals surface area contributed by atoms with Crippen molar-refractivity contribution in [2.24, 2.45) is 5.92 Å². The van der Waals surface area contributed by atoms with Crippen LogP contribution < -0.4 is 9.64 Å². The van der Waals surface area contributed by atoms with E-state index in [1.807, 2.05) is 35.0 Å². The fraction of sp³-hybridized carbons (Fsp3) is 0.433. The molecule has 192 valence electrons. The smallest absolute Gasteiger partial charge is 0.162 e. The van der Waals surface area contributed by atoms with E-state index in [1.165, 1.54) is 51.7 Å². The zero-order valence-corrected chi connectivity index (χ0v) is 21.5. The Balaban J connectivity index is 1.24. The zero-order chi connectivity index (χ0) is 24.9. The first-order valence-electron chi connectivity index (χ1n) is 13.8. The van der Waals surface area contributed by atoms with E-state index in [2.05, 4.69) is 50.2 Å². The molecule has 1 saturated heterocycles. The largest absolute Gasteiger partial charge is 0.489 e. The Morgan fingerprint density at radius 3 is 2.59 bits per heavy atom. The van der Waals surface area contributed by atoms with Crippen molar-refractivity contribution in [2.75, 3.05) is 24.5 Å². The third-order valence-corrected chi connectivity index (χ3v) is 7.92. The Morgan fingerprint density at radius 1 is 0.919 bits per heavy atom. The molecule has 2 aromatic carbocycles. The fourth-order valence-corrected chi connectivity index (χ4v) is 5.99. The van der Waals surface area contributed by atoms with Gasteiger partial charge in [-0.05, 0) is 75.2 Å². The van der Waals surface area contributed by atoms with Gasteiger partial charge < -0.3 is 14.5 Å². The number of aromatic nitrogens is 4. The van der Waals surface area contributed by atoms with Crippen LogP contribution in [0.1, 0.15) is 50.5 Å². The Bertz CT molecular complexity index is 1280. The minimum Gasteiger partial charge on any atom is -0.489 e. The standard InChI is InChI=1S/C30H36N6O/c1-3-8-25(9-4-1)21-37-28-11-7-10-27(18-28)36(30-29-19-31-23-35(29)33-22-32-30)26-14-12-24(13-15-26)20-34-16-5-2-6-17-34/h1,3-4,7-11,18-19,22-24,26H,2,5-6,12-17,20-21H2. The van der Waals surface area contributed by atoms with Gasteiger partial charge in [0.2, 0.25) is 0 Å². The molecular weight excluding hydrogens is 460 g/mol. The number of nitrogens with zero attached hydrogens (tertiary/aromatic N) is 6. The molecule has 1 aliphatic heterocycles. The Labute approximate surface area is 219 Å². The van der Waals surface area contributed by atoms with Gasteiger partial charge in [-0.3, -0.25) is 0 Å². The summed E-state index contributed by atoms with van der Waals surface area (Å²) in [6, 6.07) is 19.1. The predicted octanol–water partition coefficient (Wildman–Crippen LogP) is 5.89. The van der Waals surface area contributed by atoms with Crippen LogP contribution in [0.2, 0.25) is 0 Å². The number of fused-ring (bicyclic) bond motifs is 1. The number of benzene rings is 2. The number of ether oxygens (including phenoxy) is 1. The first-order valence-corrected chi connectivity index (χ1v) is 13.8. The van der Waals surface area contributed by atoms with Crippen LogP contribution in [0.15, 0.2) is 73.4 Å². The Hall–Kier alpha value is -3.45. The maximum Gasteiger partial charge on any atom is 0.162 e. The minimum atomic E-state index is 0.371. The highest BCUT2D eigenvalue weighted by molar-refractivity contribution is 5.75. The topological polar surface area (TPSA) is 58.8 Å². The second kappa shape index (κ2) is 11.3. The van der Waals surface area contributed by atoms with Crippen molar-refractivity contribution in [1.29, 1.82) is 0 Å². The lowest BCUT2D eigenvalue weighted by Gasteiger charge is -2.39. The van der Waals surface area contributed by atoms with Gasteiger partial charge in [0.05, 0.1) is 6.20 Å². The van der Waals surface area contributed by atoms with Crippen LogP contribution in [0.25, 0.3) is 5.52 Å². The average Bonchev–Trinajstić information content (AvgIpc) is 3.44. The molecule has 2 fully saturated rings. The van der Waals surface area contributed by atoms with Gasteiger partial charge >= 0.3 is 0 Å². The van der Waals surface area contributed by atoms with Crippen molar-refractivity contribution in [3.8, 4) is 5.75 Å². The number of rotatable bonds is 8. The molecule has 0 unspecified atom stereocenters. The maximum absolute atomic E-state index is 6.20. The third-order valence-electron chi connectivity index (χ3n) is 7.92. The van der Waals surface area contributed by atoms with Crippen molar-refractivity contribution >= 4 is 17.0 Å². The normalized spacial score (nSPS) is 20.6. The van der Waals surface area contributed by atoms with E-state index in [0.717, 1.165) is 47.1 Å². The zero-order valence-electron chi connectivity index (χ0n) is 21.5. The van der Waals surface area contributed by atoms with Crippen LogP contribution in [-0.2, 0) is 6.61 Å². The molecule has 37 heavy (non-hydrogen) atoms. The molecule has 1 aliphatic carbocycles. The highest BCUT2D eigenvalue weighted by Gasteiger charge is 2.30. The molecule has 0 atom stereocenters. The summed E-state index contributed by atoms with van der Waals surface area (Å²) in [5.41, 5.74) is 3.19. The lowest BCUT2D eigenvalue weighted by atomic mass is 9.84. The minimum absolute atomic E-state index is 0.371. The molecule has 3 heterocycles. The predicted molar refractivity (Wildman–Crippen MR) is 146 cm³/mol. The highest BCUT2D eigenvalue weighted by atomic mass is 16.5. The molecule has 1 saturated carbocycles. The van der Waals surface area contributed by atoms with Gasteiger partial charge in [-0.2, -0.15) is 5.10 Å². The van der Waals surface area contributed by atoms with E-state index >= 15 is 0 Å². The molecule has 7 nitrogen and oxygen atoms in total. The van der Waals surface area contributed by atoms with Crippen LogP contribution in [0.5, 0.6) is 5.75 Å². The van der Waals surface area contributed by atoms with Crippen LogP contribution >= 0.6 is 0 Å². The van der Waals surface area contributed by atoms with Crippen molar-refractivity contribution < 1.29 is 4.74 Å².